The second-order valence-electron chi connectivity index (χ2n) is 13.3. The van der Waals surface area contributed by atoms with Crippen molar-refractivity contribution in [3.8, 4) is 17.2 Å². The summed E-state index contributed by atoms with van der Waals surface area (Å²) in [5.74, 6) is -4.82. The maximum absolute atomic E-state index is 14.4. The molecule has 0 fully saturated rings. The molecule has 15 heteroatoms. The maximum atomic E-state index is 14.4. The molecule has 0 heterocycles. The standard InChI is InChI=1S/C40H43ClN4O10/c1-40(2,3)55-39(52)45-32(25-14-10-7-11-15-25)36(49)44-33(26-21-29(46)34(53-4)30(47)22-26)37(50)43-31(24-12-8-6-9-13-24)35(48)42-28(38(51)54-5)20-23-16-18-27(41)19-17-23/h6-19,21-22,28,31-33,46-47H,20H2,1-5H3,(H,42,48)(H,43,50)(H,44,49)(H,45,52)/t28-,31+,32-,33+/m0/s1. The van der Waals surface area contributed by atoms with E-state index in [0.717, 1.165) is 12.1 Å². The molecule has 0 aliphatic carbocycles. The minimum absolute atomic E-state index is 0.0274. The summed E-state index contributed by atoms with van der Waals surface area (Å²) in [4.78, 5) is 68.3. The number of phenolic OH excluding ortho intramolecular Hbond substituents is 2. The highest BCUT2D eigenvalue weighted by atomic mass is 35.5. The lowest BCUT2D eigenvalue weighted by Crippen LogP contribution is -2.51. The smallest absolute Gasteiger partial charge is 0.408 e. The summed E-state index contributed by atoms with van der Waals surface area (Å²) in [7, 11) is 2.39. The number of ether oxygens (including phenoxy) is 3. The number of hydrogen-bond donors (Lipinski definition) is 6. The highest BCUT2D eigenvalue weighted by Crippen LogP contribution is 2.38. The monoisotopic (exact) mass is 774 g/mol. The van der Waals surface area contributed by atoms with Crippen LogP contribution >= 0.6 is 11.6 Å². The zero-order valence-electron chi connectivity index (χ0n) is 30.8. The summed E-state index contributed by atoms with van der Waals surface area (Å²) in [5, 5.41) is 32.3. The van der Waals surface area contributed by atoms with Crippen molar-refractivity contribution in [2.75, 3.05) is 14.2 Å². The Kier molecular flexibility index (Phi) is 14.1. The summed E-state index contributed by atoms with van der Waals surface area (Å²) < 4.78 is 15.4. The average Bonchev–Trinajstić information content (AvgIpc) is 3.14. The number of esters is 1. The lowest BCUT2D eigenvalue weighted by atomic mass is 10.00. The van der Waals surface area contributed by atoms with Crippen molar-refractivity contribution in [3.63, 3.8) is 0 Å². The number of nitrogens with one attached hydrogen (secondary N) is 4. The van der Waals surface area contributed by atoms with Gasteiger partial charge in [-0.1, -0.05) is 84.4 Å². The minimum Gasteiger partial charge on any atom is -0.504 e. The van der Waals surface area contributed by atoms with Crippen molar-refractivity contribution in [1.29, 1.82) is 0 Å². The lowest BCUT2D eigenvalue weighted by Gasteiger charge is -2.27. The number of alkyl carbamates (subject to hydrolysis) is 1. The number of phenols is 2. The maximum Gasteiger partial charge on any atom is 0.408 e. The Hall–Kier alpha value is -6.28. The highest BCUT2D eigenvalue weighted by Gasteiger charge is 2.35. The number of carbonyl (C=O) groups is 5. The first-order valence-electron chi connectivity index (χ1n) is 17.0. The number of amides is 4. The molecule has 4 rings (SSSR count). The van der Waals surface area contributed by atoms with Crippen LogP contribution in [0.2, 0.25) is 5.02 Å². The third kappa shape index (κ3) is 11.6. The molecular formula is C40H43ClN4O10. The second-order valence-corrected chi connectivity index (χ2v) is 13.7. The highest BCUT2D eigenvalue weighted by molar-refractivity contribution is 6.30. The number of rotatable bonds is 14. The molecule has 4 amide bonds. The first-order chi connectivity index (χ1) is 26.1. The SMILES string of the molecule is COC(=O)[C@H](Cc1ccc(Cl)cc1)NC(=O)[C@H](NC(=O)[C@H](NC(=O)[C@@H](NC(=O)OC(C)(C)C)c1ccccc1)c1cc(O)c(OC)c(O)c1)c1ccccc1. The molecule has 0 saturated carbocycles. The molecule has 4 aromatic carbocycles. The molecule has 0 aliphatic heterocycles. The van der Waals surface area contributed by atoms with E-state index >= 15 is 0 Å². The Morgan fingerprint density at radius 2 is 1.11 bits per heavy atom. The molecule has 4 aromatic rings. The van der Waals surface area contributed by atoms with Crippen molar-refractivity contribution in [3.05, 3.63) is 124 Å². The second kappa shape index (κ2) is 18.7. The largest absolute Gasteiger partial charge is 0.504 e. The summed E-state index contributed by atoms with van der Waals surface area (Å²) in [6, 6.07) is 19.4. The van der Waals surface area contributed by atoms with Gasteiger partial charge in [-0.2, -0.15) is 0 Å². The van der Waals surface area contributed by atoms with E-state index in [1.165, 1.54) is 14.2 Å². The van der Waals surface area contributed by atoms with E-state index in [4.69, 9.17) is 25.8 Å². The Morgan fingerprint density at radius 1 is 0.655 bits per heavy atom. The Balaban J connectivity index is 1.73. The van der Waals surface area contributed by atoms with Gasteiger partial charge >= 0.3 is 12.1 Å². The first-order valence-corrected chi connectivity index (χ1v) is 17.4. The Morgan fingerprint density at radius 3 is 1.56 bits per heavy atom. The van der Waals surface area contributed by atoms with Gasteiger partial charge in [0.1, 0.15) is 29.8 Å². The molecule has 0 aromatic heterocycles. The molecule has 0 bridgehead atoms. The molecule has 0 radical (unpaired) electrons. The van der Waals surface area contributed by atoms with Crippen molar-refractivity contribution in [2.24, 2.45) is 0 Å². The van der Waals surface area contributed by atoms with Crippen LogP contribution in [0.15, 0.2) is 97.1 Å². The fraction of sp³-hybridized carbons (Fsp3) is 0.275. The van der Waals surface area contributed by atoms with Gasteiger partial charge in [0, 0.05) is 11.4 Å². The summed E-state index contributed by atoms with van der Waals surface area (Å²) in [6.07, 6.45) is -0.892. The van der Waals surface area contributed by atoms with Gasteiger partial charge < -0.3 is 45.7 Å². The van der Waals surface area contributed by atoms with E-state index in [2.05, 4.69) is 21.3 Å². The van der Waals surface area contributed by atoms with Crippen LogP contribution in [0.3, 0.4) is 0 Å². The average molecular weight is 775 g/mol. The van der Waals surface area contributed by atoms with Crippen LogP contribution in [-0.2, 0) is 35.1 Å². The molecule has 4 atom stereocenters. The van der Waals surface area contributed by atoms with Crippen molar-refractivity contribution >= 4 is 41.4 Å². The number of hydrogen-bond acceptors (Lipinski definition) is 10. The van der Waals surface area contributed by atoms with E-state index in [0.29, 0.717) is 21.7 Å². The fourth-order valence-corrected chi connectivity index (χ4v) is 5.64. The van der Waals surface area contributed by atoms with E-state index < -0.39 is 71.1 Å². The normalized spacial score (nSPS) is 13.2. The predicted molar refractivity (Wildman–Crippen MR) is 202 cm³/mol. The Labute approximate surface area is 323 Å². The molecule has 0 aliphatic rings. The molecule has 14 nitrogen and oxygen atoms in total. The van der Waals surface area contributed by atoms with Gasteiger partial charge in [0.25, 0.3) is 0 Å². The molecular weight excluding hydrogens is 732 g/mol. The fourth-order valence-electron chi connectivity index (χ4n) is 5.51. The summed E-state index contributed by atoms with van der Waals surface area (Å²) >= 11 is 6.02. The topological polar surface area (TPSA) is 202 Å². The van der Waals surface area contributed by atoms with Crippen LogP contribution in [0.4, 0.5) is 4.79 Å². The van der Waals surface area contributed by atoms with Crippen LogP contribution in [0.1, 0.15) is 61.2 Å². The molecule has 6 N–H and O–H groups in total. The molecule has 0 unspecified atom stereocenters. The summed E-state index contributed by atoms with van der Waals surface area (Å²) in [6.45, 7) is 4.95. The van der Waals surface area contributed by atoms with Gasteiger partial charge in [0.2, 0.25) is 23.5 Å². The van der Waals surface area contributed by atoms with Crippen LogP contribution < -0.4 is 26.0 Å². The van der Waals surface area contributed by atoms with Gasteiger partial charge in [-0.05, 0) is 67.3 Å². The third-order valence-electron chi connectivity index (χ3n) is 8.05. The number of methoxy groups -OCH3 is 2. The van der Waals surface area contributed by atoms with E-state index in [1.807, 2.05) is 0 Å². The summed E-state index contributed by atoms with van der Waals surface area (Å²) in [5.41, 5.74) is 0.282. The van der Waals surface area contributed by atoms with Crippen LogP contribution in [0.25, 0.3) is 0 Å². The Bertz CT molecular complexity index is 1950. The lowest BCUT2D eigenvalue weighted by molar-refractivity contribution is -0.145. The van der Waals surface area contributed by atoms with E-state index in [9.17, 15) is 34.2 Å². The van der Waals surface area contributed by atoms with Crippen molar-refractivity contribution < 1.29 is 48.4 Å². The van der Waals surface area contributed by atoms with Gasteiger partial charge in [-0.3, -0.25) is 14.4 Å². The van der Waals surface area contributed by atoms with E-state index in [1.54, 1.807) is 106 Å². The predicted octanol–water partition coefficient (Wildman–Crippen LogP) is 4.94. The van der Waals surface area contributed by atoms with Gasteiger partial charge in [0.05, 0.1) is 14.2 Å². The molecule has 0 spiro atoms. The number of benzene rings is 4. The molecule has 55 heavy (non-hydrogen) atoms. The number of carbonyl (C=O) groups excluding carboxylic acids is 5. The van der Waals surface area contributed by atoms with Gasteiger partial charge in [-0.15, -0.1) is 0 Å². The van der Waals surface area contributed by atoms with Crippen LogP contribution in [-0.4, -0.2) is 65.9 Å². The first kappa shape index (κ1) is 41.5. The quantitative estimate of drug-likeness (QED) is 0.0954. The van der Waals surface area contributed by atoms with Crippen LogP contribution in [0.5, 0.6) is 17.2 Å². The van der Waals surface area contributed by atoms with Crippen molar-refractivity contribution in [2.45, 2.75) is 57.0 Å². The zero-order chi connectivity index (χ0) is 40.3. The zero-order valence-corrected chi connectivity index (χ0v) is 31.5. The van der Waals surface area contributed by atoms with Crippen molar-refractivity contribution in [1.82, 2.24) is 21.3 Å². The third-order valence-corrected chi connectivity index (χ3v) is 8.30. The molecule has 290 valence electrons. The van der Waals surface area contributed by atoms with E-state index in [-0.39, 0.29) is 17.7 Å². The number of halogens is 1. The van der Waals surface area contributed by atoms with Gasteiger partial charge in [0.15, 0.2) is 11.5 Å². The number of aromatic hydroxyl groups is 2. The van der Waals surface area contributed by atoms with Gasteiger partial charge in [-0.25, -0.2) is 9.59 Å². The minimum atomic E-state index is -1.70. The van der Waals surface area contributed by atoms with Crippen LogP contribution in [0, 0.1) is 0 Å². The molecule has 0 saturated heterocycles.